The van der Waals surface area contributed by atoms with Gasteiger partial charge in [0.15, 0.2) is 9.84 Å². The molecule has 0 N–H and O–H groups in total. The normalized spacial score (nSPS) is 17.1. The van der Waals surface area contributed by atoms with Gasteiger partial charge in [-0.25, -0.2) is 17.6 Å². The number of aromatic nitrogens is 1. The third-order valence-electron chi connectivity index (χ3n) is 5.08. The van der Waals surface area contributed by atoms with Gasteiger partial charge in [0.05, 0.1) is 22.4 Å². The van der Waals surface area contributed by atoms with E-state index in [1.54, 1.807) is 26.0 Å². The van der Waals surface area contributed by atoms with Crippen molar-refractivity contribution in [3.8, 4) is 5.75 Å². The number of ether oxygens (including phenoxy) is 2. The van der Waals surface area contributed by atoms with Crippen LogP contribution in [0.25, 0.3) is 5.57 Å². The number of benzene rings is 1. The average molecular weight is 434 g/mol. The summed E-state index contributed by atoms with van der Waals surface area (Å²) >= 11 is 0. The Morgan fingerprint density at radius 3 is 2.40 bits per heavy atom. The molecule has 0 aliphatic carbocycles. The van der Waals surface area contributed by atoms with E-state index >= 15 is 0 Å². The highest BCUT2D eigenvalue weighted by atomic mass is 32.2. The van der Waals surface area contributed by atoms with E-state index in [-0.39, 0.29) is 22.3 Å². The van der Waals surface area contributed by atoms with E-state index in [4.69, 9.17) is 9.47 Å². The minimum atomic E-state index is -3.36. The van der Waals surface area contributed by atoms with Crippen molar-refractivity contribution in [2.24, 2.45) is 0 Å². The van der Waals surface area contributed by atoms with Crippen LogP contribution in [0.3, 0.4) is 0 Å². The quantitative estimate of drug-likeness (QED) is 0.633. The standard InChI is InChI=1S/C22H24FNO5S/c1-6-13(2)19-17(23)11-15(12-24-19)28-20-18(22(3,4)29-21(20)25)14-7-9-16(10-8-14)30(5,26)27/h7-13H,6H2,1-5H3. The summed E-state index contributed by atoms with van der Waals surface area (Å²) in [5, 5.41) is 0. The fourth-order valence-corrected chi connectivity index (χ4v) is 3.94. The van der Waals surface area contributed by atoms with E-state index < -0.39 is 27.2 Å². The SMILES string of the molecule is CCC(C)c1ncc(OC2=C(c3ccc(S(C)(=O)=O)cc3)C(C)(C)OC2=O)cc1F. The summed E-state index contributed by atoms with van der Waals surface area (Å²) in [4.78, 5) is 16.8. The fraction of sp³-hybridized carbons (Fsp3) is 0.364. The Hall–Kier alpha value is -2.74. The van der Waals surface area contributed by atoms with E-state index in [9.17, 15) is 17.6 Å². The van der Waals surface area contributed by atoms with E-state index in [1.807, 2.05) is 13.8 Å². The number of halogens is 1. The van der Waals surface area contributed by atoms with Gasteiger partial charge in [-0.2, -0.15) is 0 Å². The summed E-state index contributed by atoms with van der Waals surface area (Å²) in [5.41, 5.74) is 0.336. The maximum absolute atomic E-state index is 14.5. The van der Waals surface area contributed by atoms with Crippen LogP contribution in [0.5, 0.6) is 5.75 Å². The molecular formula is C22H24FNO5S. The molecule has 1 aromatic carbocycles. The molecular weight excluding hydrogens is 409 g/mol. The predicted octanol–water partition coefficient (Wildman–Crippen LogP) is 4.26. The molecule has 2 aromatic rings. The van der Waals surface area contributed by atoms with Gasteiger partial charge in [0, 0.05) is 18.2 Å². The average Bonchev–Trinajstić information content (AvgIpc) is 2.88. The third kappa shape index (κ3) is 4.23. The lowest BCUT2D eigenvalue weighted by Gasteiger charge is -2.21. The number of carbonyl (C=O) groups excluding carboxylic acids is 1. The van der Waals surface area contributed by atoms with Crippen molar-refractivity contribution in [1.29, 1.82) is 0 Å². The molecule has 1 unspecified atom stereocenters. The Labute approximate surface area is 175 Å². The van der Waals surface area contributed by atoms with Gasteiger partial charge in [-0.1, -0.05) is 26.0 Å². The number of sulfone groups is 1. The summed E-state index contributed by atoms with van der Waals surface area (Å²) < 4.78 is 49.1. The molecule has 0 spiro atoms. The third-order valence-corrected chi connectivity index (χ3v) is 6.21. The lowest BCUT2D eigenvalue weighted by molar-refractivity contribution is -0.145. The van der Waals surface area contributed by atoms with E-state index in [2.05, 4.69) is 4.98 Å². The summed E-state index contributed by atoms with van der Waals surface area (Å²) in [6.45, 7) is 7.22. The number of pyridine rings is 1. The first-order valence-corrected chi connectivity index (χ1v) is 11.4. The van der Waals surface area contributed by atoms with Crippen LogP contribution in [0.1, 0.15) is 51.3 Å². The Kier molecular flexibility index (Phi) is 5.73. The zero-order valence-corrected chi connectivity index (χ0v) is 18.3. The van der Waals surface area contributed by atoms with Crippen molar-refractivity contribution in [1.82, 2.24) is 4.98 Å². The summed E-state index contributed by atoms with van der Waals surface area (Å²) in [6.07, 6.45) is 3.23. The number of esters is 1. The topological polar surface area (TPSA) is 82.6 Å². The first-order valence-electron chi connectivity index (χ1n) is 9.56. The Morgan fingerprint density at radius 2 is 1.87 bits per heavy atom. The molecule has 1 atom stereocenters. The van der Waals surface area contributed by atoms with E-state index in [0.717, 1.165) is 12.7 Å². The van der Waals surface area contributed by atoms with Crippen molar-refractivity contribution in [3.05, 3.63) is 59.4 Å². The molecule has 2 heterocycles. The number of cyclic esters (lactones) is 1. The number of nitrogens with zero attached hydrogens (tertiary/aromatic N) is 1. The van der Waals surface area contributed by atoms with Gasteiger partial charge in [-0.15, -0.1) is 0 Å². The first-order chi connectivity index (χ1) is 13.9. The highest BCUT2D eigenvalue weighted by Crippen LogP contribution is 2.40. The molecule has 160 valence electrons. The second-order valence-electron chi connectivity index (χ2n) is 7.85. The van der Waals surface area contributed by atoms with Crippen LogP contribution >= 0.6 is 0 Å². The van der Waals surface area contributed by atoms with Crippen molar-refractivity contribution in [3.63, 3.8) is 0 Å². The molecule has 1 aliphatic rings. The molecule has 1 aromatic heterocycles. The second kappa shape index (κ2) is 7.83. The maximum atomic E-state index is 14.5. The maximum Gasteiger partial charge on any atom is 0.375 e. The number of hydrogen-bond donors (Lipinski definition) is 0. The van der Waals surface area contributed by atoms with Gasteiger partial charge in [0.2, 0.25) is 5.76 Å². The largest absolute Gasteiger partial charge is 0.449 e. The summed E-state index contributed by atoms with van der Waals surface area (Å²) in [5.74, 6) is -1.24. The van der Waals surface area contributed by atoms with Crippen molar-refractivity contribution in [2.45, 2.75) is 50.5 Å². The number of hydrogen-bond acceptors (Lipinski definition) is 6. The summed E-state index contributed by atoms with van der Waals surface area (Å²) in [7, 11) is -3.36. The monoisotopic (exact) mass is 433 g/mol. The second-order valence-corrected chi connectivity index (χ2v) is 9.87. The minimum Gasteiger partial charge on any atom is -0.449 e. The zero-order chi connectivity index (χ0) is 22.3. The van der Waals surface area contributed by atoms with Gasteiger partial charge >= 0.3 is 5.97 Å². The highest BCUT2D eigenvalue weighted by Gasteiger charge is 2.43. The van der Waals surface area contributed by atoms with Crippen LogP contribution in [-0.2, 0) is 19.4 Å². The fourth-order valence-electron chi connectivity index (χ4n) is 3.31. The first kappa shape index (κ1) is 22.0. The highest BCUT2D eigenvalue weighted by molar-refractivity contribution is 7.90. The molecule has 0 radical (unpaired) electrons. The lowest BCUT2D eigenvalue weighted by atomic mass is 9.92. The number of carbonyl (C=O) groups is 1. The molecule has 3 rings (SSSR count). The predicted molar refractivity (Wildman–Crippen MR) is 110 cm³/mol. The van der Waals surface area contributed by atoms with Crippen LogP contribution < -0.4 is 4.74 Å². The van der Waals surface area contributed by atoms with Crippen molar-refractivity contribution >= 4 is 21.4 Å². The van der Waals surface area contributed by atoms with Gasteiger partial charge in [-0.3, -0.25) is 4.98 Å². The molecule has 0 saturated heterocycles. The number of rotatable bonds is 6. The Bertz CT molecular complexity index is 1120. The van der Waals surface area contributed by atoms with Gasteiger partial charge in [0.25, 0.3) is 0 Å². The minimum absolute atomic E-state index is 0.0439. The smallest absolute Gasteiger partial charge is 0.375 e. The van der Waals surface area contributed by atoms with Gasteiger partial charge < -0.3 is 9.47 Å². The van der Waals surface area contributed by atoms with Crippen LogP contribution in [0.15, 0.2) is 47.2 Å². The van der Waals surface area contributed by atoms with Crippen LogP contribution in [0.2, 0.25) is 0 Å². The molecule has 1 aliphatic heterocycles. The Balaban J connectivity index is 2.03. The molecule has 0 fully saturated rings. The molecule has 8 heteroatoms. The molecule has 6 nitrogen and oxygen atoms in total. The molecule has 0 bridgehead atoms. The van der Waals surface area contributed by atoms with Crippen molar-refractivity contribution in [2.75, 3.05) is 6.26 Å². The van der Waals surface area contributed by atoms with Crippen LogP contribution in [0.4, 0.5) is 4.39 Å². The van der Waals surface area contributed by atoms with Gasteiger partial charge in [0.1, 0.15) is 17.2 Å². The Morgan fingerprint density at radius 1 is 1.23 bits per heavy atom. The van der Waals surface area contributed by atoms with Crippen molar-refractivity contribution < 1.29 is 27.1 Å². The molecule has 0 saturated carbocycles. The van der Waals surface area contributed by atoms with E-state index in [1.165, 1.54) is 24.4 Å². The van der Waals surface area contributed by atoms with E-state index in [0.29, 0.717) is 16.8 Å². The molecule has 30 heavy (non-hydrogen) atoms. The summed E-state index contributed by atoms with van der Waals surface area (Å²) in [6, 6.07) is 7.28. The molecule has 0 amide bonds. The van der Waals surface area contributed by atoms with Crippen LogP contribution in [0, 0.1) is 5.82 Å². The lowest BCUT2D eigenvalue weighted by Crippen LogP contribution is -2.22. The zero-order valence-electron chi connectivity index (χ0n) is 17.5. The van der Waals surface area contributed by atoms with Gasteiger partial charge in [-0.05, 0) is 38.0 Å². The van der Waals surface area contributed by atoms with Crippen LogP contribution in [-0.4, -0.2) is 31.2 Å².